The van der Waals surface area contributed by atoms with Crippen LogP contribution in [0.15, 0.2) is 42.5 Å². The molecule has 0 spiro atoms. The van der Waals surface area contributed by atoms with E-state index in [1.165, 1.54) is 23.3 Å². The van der Waals surface area contributed by atoms with Crippen molar-refractivity contribution in [2.45, 2.75) is 19.9 Å². The molecule has 0 fully saturated rings. The van der Waals surface area contributed by atoms with E-state index >= 15 is 0 Å². The highest BCUT2D eigenvalue weighted by molar-refractivity contribution is 5.46. The standard InChI is InChI=1S/C17H21FN2/c1-12-7-13(2)9-14(8-12)17(19)11-20(3)16-6-4-5-15(18)10-16/h4-10,17H,11,19H2,1-3H3. The van der Waals surface area contributed by atoms with E-state index in [0.29, 0.717) is 6.54 Å². The molecular weight excluding hydrogens is 251 g/mol. The third-order valence-corrected chi connectivity index (χ3v) is 3.39. The van der Waals surface area contributed by atoms with Crippen molar-refractivity contribution in [1.29, 1.82) is 0 Å². The van der Waals surface area contributed by atoms with Gasteiger partial charge in [0.2, 0.25) is 0 Å². The molecule has 106 valence electrons. The molecule has 2 nitrogen and oxygen atoms in total. The maximum atomic E-state index is 13.2. The topological polar surface area (TPSA) is 29.3 Å². The lowest BCUT2D eigenvalue weighted by Crippen LogP contribution is -2.29. The van der Waals surface area contributed by atoms with Crippen LogP contribution in [0, 0.1) is 19.7 Å². The molecule has 0 aromatic heterocycles. The minimum Gasteiger partial charge on any atom is -0.373 e. The highest BCUT2D eigenvalue weighted by atomic mass is 19.1. The minimum atomic E-state index is -0.227. The molecule has 2 aromatic carbocycles. The summed E-state index contributed by atoms with van der Waals surface area (Å²) in [4.78, 5) is 1.98. The van der Waals surface area contributed by atoms with Crippen LogP contribution in [0.4, 0.5) is 10.1 Å². The third-order valence-electron chi connectivity index (χ3n) is 3.39. The summed E-state index contributed by atoms with van der Waals surface area (Å²) in [5, 5.41) is 0. The van der Waals surface area contributed by atoms with Crippen molar-refractivity contribution in [3.05, 3.63) is 65.0 Å². The zero-order valence-electron chi connectivity index (χ0n) is 12.2. The Morgan fingerprint density at radius 3 is 2.35 bits per heavy atom. The average molecular weight is 272 g/mol. The van der Waals surface area contributed by atoms with E-state index in [2.05, 4.69) is 32.0 Å². The maximum absolute atomic E-state index is 13.2. The number of likely N-dealkylation sites (N-methyl/N-ethyl adjacent to an activating group) is 1. The first kappa shape index (κ1) is 14.5. The van der Waals surface area contributed by atoms with Gasteiger partial charge < -0.3 is 10.6 Å². The second-order valence-electron chi connectivity index (χ2n) is 5.39. The predicted octanol–water partition coefficient (Wildman–Crippen LogP) is 3.58. The van der Waals surface area contributed by atoms with E-state index in [1.54, 1.807) is 6.07 Å². The molecule has 0 aliphatic rings. The first-order chi connectivity index (χ1) is 9.45. The summed E-state index contributed by atoms with van der Waals surface area (Å²) in [7, 11) is 1.93. The summed E-state index contributed by atoms with van der Waals surface area (Å²) >= 11 is 0. The fraction of sp³-hybridized carbons (Fsp3) is 0.294. The summed E-state index contributed by atoms with van der Waals surface area (Å²) in [6.07, 6.45) is 0. The number of hydrogen-bond acceptors (Lipinski definition) is 2. The second kappa shape index (κ2) is 6.06. The summed E-state index contributed by atoms with van der Waals surface area (Å²) < 4.78 is 13.2. The van der Waals surface area contributed by atoms with Crippen LogP contribution in [0.5, 0.6) is 0 Å². The first-order valence-electron chi connectivity index (χ1n) is 6.76. The number of benzene rings is 2. The van der Waals surface area contributed by atoms with Gasteiger partial charge in [-0.3, -0.25) is 0 Å². The molecule has 3 heteroatoms. The average Bonchev–Trinajstić information content (AvgIpc) is 2.37. The predicted molar refractivity (Wildman–Crippen MR) is 82.5 cm³/mol. The van der Waals surface area contributed by atoms with E-state index in [-0.39, 0.29) is 11.9 Å². The normalized spacial score (nSPS) is 12.2. The zero-order valence-corrected chi connectivity index (χ0v) is 12.2. The smallest absolute Gasteiger partial charge is 0.125 e. The fourth-order valence-electron chi connectivity index (χ4n) is 2.44. The highest BCUT2D eigenvalue weighted by Crippen LogP contribution is 2.19. The van der Waals surface area contributed by atoms with Gasteiger partial charge in [0.15, 0.2) is 0 Å². The van der Waals surface area contributed by atoms with Gasteiger partial charge in [-0.15, -0.1) is 0 Å². The van der Waals surface area contributed by atoms with Crippen LogP contribution < -0.4 is 10.6 Å². The van der Waals surface area contributed by atoms with Gasteiger partial charge in [-0.1, -0.05) is 35.4 Å². The molecule has 2 N–H and O–H groups in total. The third kappa shape index (κ3) is 3.58. The van der Waals surface area contributed by atoms with E-state index in [1.807, 2.05) is 18.0 Å². The van der Waals surface area contributed by atoms with Crippen molar-refractivity contribution in [1.82, 2.24) is 0 Å². The SMILES string of the molecule is Cc1cc(C)cc(C(N)CN(C)c2cccc(F)c2)c1. The number of anilines is 1. The molecule has 0 aliphatic heterocycles. The maximum Gasteiger partial charge on any atom is 0.125 e. The molecule has 2 aromatic rings. The Hall–Kier alpha value is -1.87. The fourth-order valence-corrected chi connectivity index (χ4v) is 2.44. The van der Waals surface area contributed by atoms with Gasteiger partial charge in [0.05, 0.1) is 0 Å². The van der Waals surface area contributed by atoms with Crippen LogP contribution in [0.2, 0.25) is 0 Å². The molecule has 0 radical (unpaired) electrons. The monoisotopic (exact) mass is 272 g/mol. The van der Waals surface area contributed by atoms with Crippen molar-refractivity contribution in [3.63, 3.8) is 0 Å². The van der Waals surface area contributed by atoms with Crippen molar-refractivity contribution >= 4 is 5.69 Å². The minimum absolute atomic E-state index is 0.0955. The lowest BCUT2D eigenvalue weighted by molar-refractivity contribution is 0.625. The van der Waals surface area contributed by atoms with Crippen LogP contribution in [0.1, 0.15) is 22.7 Å². The molecule has 2 rings (SSSR count). The lowest BCUT2D eigenvalue weighted by Gasteiger charge is -2.24. The largest absolute Gasteiger partial charge is 0.373 e. The van der Waals surface area contributed by atoms with Crippen molar-refractivity contribution in [2.24, 2.45) is 5.73 Å². The van der Waals surface area contributed by atoms with Crippen LogP contribution in [0.3, 0.4) is 0 Å². The van der Waals surface area contributed by atoms with Gasteiger partial charge >= 0.3 is 0 Å². The summed E-state index contributed by atoms with van der Waals surface area (Å²) in [6.45, 7) is 4.78. The summed E-state index contributed by atoms with van der Waals surface area (Å²) in [6, 6.07) is 12.8. The molecule has 0 amide bonds. The molecule has 0 aliphatic carbocycles. The van der Waals surface area contributed by atoms with Crippen molar-refractivity contribution in [3.8, 4) is 0 Å². The quantitative estimate of drug-likeness (QED) is 0.921. The van der Waals surface area contributed by atoms with Gasteiger partial charge in [-0.25, -0.2) is 4.39 Å². The van der Waals surface area contributed by atoms with E-state index in [0.717, 1.165) is 11.3 Å². The van der Waals surface area contributed by atoms with E-state index in [4.69, 9.17) is 5.73 Å². The number of nitrogens with two attached hydrogens (primary N) is 1. The Kier molecular flexibility index (Phi) is 4.40. The highest BCUT2D eigenvalue weighted by Gasteiger charge is 2.11. The van der Waals surface area contributed by atoms with Gasteiger partial charge in [-0.05, 0) is 37.6 Å². The van der Waals surface area contributed by atoms with Crippen LogP contribution in [-0.2, 0) is 0 Å². The number of hydrogen-bond donors (Lipinski definition) is 1. The Labute approximate surface area is 120 Å². The van der Waals surface area contributed by atoms with Crippen LogP contribution >= 0.6 is 0 Å². The van der Waals surface area contributed by atoms with Gasteiger partial charge in [0.1, 0.15) is 5.82 Å². The Balaban J connectivity index is 2.12. The molecular formula is C17H21FN2. The van der Waals surface area contributed by atoms with Crippen molar-refractivity contribution < 1.29 is 4.39 Å². The summed E-state index contributed by atoms with van der Waals surface area (Å²) in [5.74, 6) is -0.227. The Morgan fingerprint density at radius 1 is 1.10 bits per heavy atom. The molecule has 1 atom stereocenters. The Bertz CT molecular complexity index is 575. The van der Waals surface area contributed by atoms with Gasteiger partial charge in [-0.2, -0.15) is 0 Å². The van der Waals surface area contributed by atoms with Crippen LogP contribution in [-0.4, -0.2) is 13.6 Å². The van der Waals surface area contributed by atoms with Gasteiger partial charge in [0.25, 0.3) is 0 Å². The number of rotatable bonds is 4. The number of halogens is 1. The zero-order chi connectivity index (χ0) is 14.7. The summed E-state index contributed by atoms with van der Waals surface area (Å²) in [5.41, 5.74) is 10.7. The molecule has 0 saturated carbocycles. The van der Waals surface area contributed by atoms with Crippen molar-refractivity contribution in [2.75, 3.05) is 18.5 Å². The molecule has 0 heterocycles. The molecule has 20 heavy (non-hydrogen) atoms. The molecule has 1 unspecified atom stereocenters. The van der Waals surface area contributed by atoms with E-state index in [9.17, 15) is 4.39 Å². The Morgan fingerprint density at radius 2 is 1.75 bits per heavy atom. The number of aryl methyl sites for hydroxylation is 2. The lowest BCUT2D eigenvalue weighted by atomic mass is 10.0. The molecule has 0 saturated heterocycles. The first-order valence-corrected chi connectivity index (χ1v) is 6.76. The number of nitrogens with zero attached hydrogens (tertiary/aromatic N) is 1. The van der Waals surface area contributed by atoms with Crippen LogP contribution in [0.25, 0.3) is 0 Å². The van der Waals surface area contributed by atoms with E-state index < -0.39 is 0 Å². The second-order valence-corrected chi connectivity index (χ2v) is 5.39. The molecule has 0 bridgehead atoms. The van der Waals surface area contributed by atoms with Gasteiger partial charge in [0, 0.05) is 25.3 Å².